The van der Waals surface area contributed by atoms with Gasteiger partial charge in [-0.15, -0.1) is 0 Å². The Morgan fingerprint density at radius 1 is 1.38 bits per heavy atom. The average Bonchev–Trinajstić information content (AvgIpc) is 3.09. The third kappa shape index (κ3) is 4.09. The van der Waals surface area contributed by atoms with Gasteiger partial charge >= 0.3 is 0 Å². The fourth-order valence-electron chi connectivity index (χ4n) is 2.81. The van der Waals surface area contributed by atoms with Crippen molar-refractivity contribution < 1.29 is 35.9 Å². The van der Waals surface area contributed by atoms with Crippen molar-refractivity contribution in [1.82, 2.24) is 14.9 Å². The van der Waals surface area contributed by atoms with Gasteiger partial charge in [-0.05, 0) is 6.42 Å². The number of sulfonamides is 1. The van der Waals surface area contributed by atoms with Crippen molar-refractivity contribution in [3.05, 3.63) is 29.3 Å². The Kier molecular flexibility index (Phi) is 5.59. The van der Waals surface area contributed by atoms with E-state index in [9.17, 15) is 26.4 Å². The summed E-state index contributed by atoms with van der Waals surface area (Å²) in [6, 6.07) is 0.711. The molecular weight excluding hydrogens is 417 g/mol. The van der Waals surface area contributed by atoms with Crippen LogP contribution < -0.4 is 14.2 Å². The Balaban J connectivity index is 1.92. The Morgan fingerprint density at radius 3 is 2.76 bits per heavy atom. The molecular formula is C16H17F3N4O5S. The smallest absolute Gasteiger partial charge is 0.272 e. The van der Waals surface area contributed by atoms with Crippen LogP contribution in [0.5, 0.6) is 11.8 Å². The fraction of sp³-hybridized carbons (Fsp3) is 0.375. The number of carbonyl (C=O) groups is 1. The van der Waals surface area contributed by atoms with Crippen LogP contribution in [-0.4, -0.2) is 62.9 Å². The standard InChI is InChI=1S/C16H17F3N4O5S/c1-23-4-3-8-11(6-20-13(8)16(23)24)29(25,26)22-10-5-9(17)14(21-15(10)27-2)28-7-12(18)19/h5-6,12,20,22H,3-4,7H2,1-2H3. The lowest BCUT2D eigenvalue weighted by molar-refractivity contribution is 0.0768. The highest BCUT2D eigenvalue weighted by Crippen LogP contribution is 2.32. The minimum absolute atomic E-state index is 0.158. The van der Waals surface area contributed by atoms with E-state index in [4.69, 9.17) is 4.74 Å². The normalized spacial score (nSPS) is 14.1. The lowest BCUT2D eigenvalue weighted by atomic mass is 10.1. The molecule has 0 saturated heterocycles. The van der Waals surface area contributed by atoms with Crippen molar-refractivity contribution in [1.29, 1.82) is 0 Å². The molecule has 2 N–H and O–H groups in total. The molecule has 29 heavy (non-hydrogen) atoms. The van der Waals surface area contributed by atoms with E-state index in [1.807, 2.05) is 0 Å². The summed E-state index contributed by atoms with van der Waals surface area (Å²) in [5.74, 6) is -2.63. The number of fused-ring (bicyclic) bond motifs is 1. The fourth-order valence-corrected chi connectivity index (χ4v) is 4.10. The number of ether oxygens (including phenoxy) is 2. The minimum atomic E-state index is -4.24. The number of methoxy groups -OCH3 is 1. The third-order valence-electron chi connectivity index (χ3n) is 4.19. The first-order valence-corrected chi connectivity index (χ1v) is 9.76. The van der Waals surface area contributed by atoms with E-state index >= 15 is 0 Å². The van der Waals surface area contributed by atoms with Gasteiger partial charge < -0.3 is 19.4 Å². The number of halogens is 3. The maximum Gasteiger partial charge on any atom is 0.272 e. The van der Waals surface area contributed by atoms with E-state index in [-0.39, 0.29) is 28.1 Å². The number of hydrogen-bond donors (Lipinski definition) is 2. The Labute approximate surface area is 163 Å². The maximum atomic E-state index is 14.1. The quantitative estimate of drug-likeness (QED) is 0.685. The summed E-state index contributed by atoms with van der Waals surface area (Å²) in [6.45, 7) is -0.752. The monoisotopic (exact) mass is 434 g/mol. The molecule has 0 unspecified atom stereocenters. The summed E-state index contributed by atoms with van der Waals surface area (Å²) in [5.41, 5.74) is 0.111. The summed E-state index contributed by atoms with van der Waals surface area (Å²) in [7, 11) is -1.51. The molecule has 0 fully saturated rings. The van der Waals surface area contributed by atoms with E-state index in [0.717, 1.165) is 7.11 Å². The molecule has 0 spiro atoms. The molecule has 0 radical (unpaired) electrons. The second-order valence-corrected chi connectivity index (χ2v) is 7.77. The molecule has 0 saturated carbocycles. The van der Waals surface area contributed by atoms with Crippen LogP contribution in [0.4, 0.5) is 18.9 Å². The number of hydrogen-bond acceptors (Lipinski definition) is 6. The van der Waals surface area contributed by atoms with E-state index in [1.54, 1.807) is 7.05 Å². The van der Waals surface area contributed by atoms with Crippen molar-refractivity contribution >= 4 is 21.6 Å². The average molecular weight is 434 g/mol. The molecule has 0 aromatic carbocycles. The van der Waals surface area contributed by atoms with Gasteiger partial charge in [0.2, 0.25) is 5.88 Å². The van der Waals surface area contributed by atoms with Gasteiger partial charge in [0.15, 0.2) is 12.4 Å². The van der Waals surface area contributed by atoms with E-state index in [0.29, 0.717) is 24.6 Å². The van der Waals surface area contributed by atoms with E-state index in [1.165, 1.54) is 11.1 Å². The minimum Gasteiger partial charge on any atom is -0.479 e. The Morgan fingerprint density at radius 2 is 2.10 bits per heavy atom. The highest BCUT2D eigenvalue weighted by atomic mass is 32.2. The number of aromatic amines is 1. The van der Waals surface area contributed by atoms with Gasteiger partial charge in [-0.3, -0.25) is 9.52 Å². The van der Waals surface area contributed by atoms with Gasteiger partial charge in [0.1, 0.15) is 16.3 Å². The highest BCUT2D eigenvalue weighted by molar-refractivity contribution is 7.92. The van der Waals surface area contributed by atoms with Crippen LogP contribution in [0.1, 0.15) is 16.1 Å². The van der Waals surface area contributed by atoms with Crippen molar-refractivity contribution in [2.75, 3.05) is 32.0 Å². The van der Waals surface area contributed by atoms with Crippen molar-refractivity contribution in [3.8, 4) is 11.8 Å². The molecule has 2 aromatic rings. The largest absolute Gasteiger partial charge is 0.479 e. The first-order valence-electron chi connectivity index (χ1n) is 8.28. The topological polar surface area (TPSA) is 114 Å². The Hall–Kier alpha value is -2.96. The first-order chi connectivity index (χ1) is 13.6. The lowest BCUT2D eigenvalue weighted by Gasteiger charge is -2.22. The molecule has 0 bridgehead atoms. The van der Waals surface area contributed by atoms with Crippen LogP contribution in [0.25, 0.3) is 0 Å². The molecule has 0 aliphatic carbocycles. The molecule has 13 heteroatoms. The number of aromatic nitrogens is 2. The van der Waals surface area contributed by atoms with Crippen LogP contribution in [-0.2, 0) is 16.4 Å². The highest BCUT2D eigenvalue weighted by Gasteiger charge is 2.31. The molecule has 3 heterocycles. The van der Waals surface area contributed by atoms with Gasteiger partial charge in [0, 0.05) is 31.4 Å². The van der Waals surface area contributed by atoms with E-state index < -0.39 is 34.8 Å². The van der Waals surface area contributed by atoms with Gasteiger partial charge in [-0.25, -0.2) is 21.6 Å². The van der Waals surface area contributed by atoms with E-state index in [2.05, 4.69) is 19.4 Å². The number of rotatable bonds is 7. The molecule has 3 rings (SSSR count). The second-order valence-electron chi connectivity index (χ2n) is 6.12. The number of amides is 1. The number of alkyl halides is 2. The zero-order chi connectivity index (χ0) is 21.3. The number of carbonyl (C=O) groups excluding carboxylic acids is 1. The predicted molar refractivity (Wildman–Crippen MR) is 94.5 cm³/mol. The number of likely N-dealkylation sites (N-methyl/N-ethyl adjacent to an activating group) is 1. The van der Waals surface area contributed by atoms with Gasteiger partial charge in [0.05, 0.1) is 7.11 Å². The summed E-state index contributed by atoms with van der Waals surface area (Å²) in [6.07, 6.45) is -1.37. The molecule has 1 aliphatic rings. The molecule has 2 aromatic heterocycles. The summed E-state index contributed by atoms with van der Waals surface area (Å²) in [5, 5.41) is 0. The SMILES string of the molecule is COc1nc(OCC(F)F)c(F)cc1NS(=O)(=O)c1c[nH]c2c1CCN(C)C2=O. The summed E-state index contributed by atoms with van der Waals surface area (Å²) < 4.78 is 75.9. The maximum absolute atomic E-state index is 14.1. The number of pyridine rings is 1. The molecule has 158 valence electrons. The van der Waals surface area contributed by atoms with Gasteiger partial charge in [-0.2, -0.15) is 4.98 Å². The molecule has 1 aliphatic heterocycles. The van der Waals surface area contributed by atoms with Crippen LogP contribution >= 0.6 is 0 Å². The number of H-pyrrole nitrogens is 1. The van der Waals surface area contributed by atoms with Gasteiger partial charge in [0.25, 0.3) is 28.2 Å². The number of anilines is 1. The predicted octanol–water partition coefficient (Wildman–Crippen LogP) is 1.63. The van der Waals surface area contributed by atoms with Crippen LogP contribution in [0.2, 0.25) is 0 Å². The lowest BCUT2D eigenvalue weighted by Crippen LogP contribution is -2.34. The van der Waals surface area contributed by atoms with Crippen molar-refractivity contribution in [3.63, 3.8) is 0 Å². The zero-order valence-corrected chi connectivity index (χ0v) is 16.1. The van der Waals surface area contributed by atoms with Crippen molar-refractivity contribution in [2.24, 2.45) is 0 Å². The van der Waals surface area contributed by atoms with Crippen LogP contribution in [0, 0.1) is 5.82 Å². The van der Waals surface area contributed by atoms with Crippen LogP contribution in [0.15, 0.2) is 17.2 Å². The molecule has 9 nitrogen and oxygen atoms in total. The summed E-state index contributed by atoms with van der Waals surface area (Å²) in [4.78, 5) is 19.7. The first kappa shape index (κ1) is 20.8. The Bertz CT molecular complexity index is 1040. The zero-order valence-electron chi connectivity index (χ0n) is 15.3. The second kappa shape index (κ2) is 7.81. The molecule has 1 amide bonds. The number of nitrogens with one attached hydrogen (secondary N) is 2. The number of nitrogens with zero attached hydrogens (tertiary/aromatic N) is 2. The third-order valence-corrected chi connectivity index (χ3v) is 5.62. The van der Waals surface area contributed by atoms with Crippen LogP contribution in [0.3, 0.4) is 0 Å². The summed E-state index contributed by atoms with van der Waals surface area (Å²) >= 11 is 0. The van der Waals surface area contributed by atoms with Crippen molar-refractivity contribution in [2.45, 2.75) is 17.7 Å². The molecule has 0 atom stereocenters. The van der Waals surface area contributed by atoms with Gasteiger partial charge in [-0.1, -0.05) is 0 Å².